The maximum absolute atomic E-state index is 13.2. The van der Waals surface area contributed by atoms with Crippen molar-refractivity contribution in [3.63, 3.8) is 0 Å². The number of fused-ring (bicyclic) bond motifs is 2. The number of hydrogen-bond acceptors (Lipinski definition) is 5. The molecule has 0 atom stereocenters. The number of anilines is 1. The Kier molecular flexibility index (Phi) is 6.10. The fourth-order valence-electron chi connectivity index (χ4n) is 4.11. The molecule has 0 spiro atoms. The predicted molar refractivity (Wildman–Crippen MR) is 132 cm³/mol. The van der Waals surface area contributed by atoms with E-state index in [9.17, 15) is 9.59 Å². The molecule has 0 aliphatic carbocycles. The average Bonchev–Trinajstić information content (AvgIpc) is 3.31. The van der Waals surface area contributed by atoms with Crippen LogP contribution >= 0.6 is 23.1 Å². The monoisotopic (exact) mass is 461 g/mol. The van der Waals surface area contributed by atoms with Crippen molar-refractivity contribution in [1.29, 1.82) is 0 Å². The SMILES string of the molecule is O=C(CSc1nc2ccsc2c(=O)n1CCc1ccccc1)N1CCCc2ccccc21. The number of nitrogens with zero attached hydrogens (tertiary/aromatic N) is 3. The highest BCUT2D eigenvalue weighted by Crippen LogP contribution is 2.28. The molecule has 5 rings (SSSR count). The molecule has 1 amide bonds. The average molecular weight is 462 g/mol. The van der Waals surface area contributed by atoms with Gasteiger partial charge in [0.1, 0.15) is 4.70 Å². The molecular weight excluding hydrogens is 438 g/mol. The second kappa shape index (κ2) is 9.30. The third kappa shape index (κ3) is 4.23. The number of aromatic nitrogens is 2. The zero-order chi connectivity index (χ0) is 21.9. The van der Waals surface area contributed by atoms with Gasteiger partial charge in [0, 0.05) is 18.8 Å². The molecule has 1 aliphatic rings. The molecule has 32 heavy (non-hydrogen) atoms. The number of para-hydroxylation sites is 1. The van der Waals surface area contributed by atoms with Crippen LogP contribution in [0.15, 0.2) is 76.0 Å². The Morgan fingerprint density at radius 3 is 2.75 bits per heavy atom. The van der Waals surface area contributed by atoms with E-state index < -0.39 is 0 Å². The molecule has 0 bridgehead atoms. The molecule has 0 fully saturated rings. The molecule has 2 aromatic heterocycles. The van der Waals surface area contributed by atoms with Gasteiger partial charge in [0.15, 0.2) is 5.16 Å². The number of aryl methyl sites for hydroxylation is 2. The molecule has 162 valence electrons. The summed E-state index contributed by atoms with van der Waals surface area (Å²) < 4.78 is 2.40. The molecule has 0 saturated carbocycles. The molecule has 2 aromatic carbocycles. The van der Waals surface area contributed by atoms with Gasteiger partial charge in [-0.05, 0) is 47.9 Å². The van der Waals surface area contributed by atoms with Crippen LogP contribution in [-0.4, -0.2) is 27.8 Å². The Labute approximate surface area is 194 Å². The van der Waals surface area contributed by atoms with Gasteiger partial charge in [-0.1, -0.05) is 60.3 Å². The standard InChI is InChI=1S/C25H23N3O2S2/c29-22(27-14-6-10-19-9-4-5-11-21(19)27)17-32-25-26-20-13-16-31-23(20)24(30)28(25)15-12-18-7-2-1-3-8-18/h1-5,7-9,11,13,16H,6,10,12,14-15,17H2. The van der Waals surface area contributed by atoms with E-state index in [1.165, 1.54) is 34.2 Å². The lowest BCUT2D eigenvalue weighted by Crippen LogP contribution is -2.36. The van der Waals surface area contributed by atoms with Gasteiger partial charge >= 0.3 is 0 Å². The van der Waals surface area contributed by atoms with Gasteiger partial charge < -0.3 is 4.90 Å². The first-order valence-electron chi connectivity index (χ1n) is 10.7. The van der Waals surface area contributed by atoms with E-state index in [1.807, 2.05) is 52.7 Å². The molecular formula is C25H23N3O2S2. The summed E-state index contributed by atoms with van der Waals surface area (Å²) in [6, 6.07) is 20.1. The van der Waals surface area contributed by atoms with Gasteiger partial charge in [-0.2, -0.15) is 0 Å². The van der Waals surface area contributed by atoms with Crippen LogP contribution in [0.4, 0.5) is 5.69 Å². The van der Waals surface area contributed by atoms with E-state index in [-0.39, 0.29) is 17.2 Å². The first-order chi connectivity index (χ1) is 15.7. The topological polar surface area (TPSA) is 55.2 Å². The quantitative estimate of drug-likeness (QED) is 0.307. The van der Waals surface area contributed by atoms with Crippen molar-refractivity contribution in [2.75, 3.05) is 17.2 Å². The molecule has 4 aromatic rings. The van der Waals surface area contributed by atoms with Crippen molar-refractivity contribution in [1.82, 2.24) is 9.55 Å². The number of hydrogen-bond donors (Lipinski definition) is 0. The van der Waals surface area contributed by atoms with Gasteiger partial charge in [0.05, 0.1) is 11.3 Å². The summed E-state index contributed by atoms with van der Waals surface area (Å²) in [6.45, 7) is 1.26. The fraction of sp³-hybridized carbons (Fsp3) is 0.240. The van der Waals surface area contributed by atoms with E-state index >= 15 is 0 Å². The maximum atomic E-state index is 13.2. The summed E-state index contributed by atoms with van der Waals surface area (Å²) in [5.74, 6) is 0.304. The van der Waals surface area contributed by atoms with Gasteiger partial charge in [-0.3, -0.25) is 14.2 Å². The van der Waals surface area contributed by atoms with Crippen molar-refractivity contribution in [3.05, 3.63) is 87.5 Å². The molecule has 1 aliphatic heterocycles. The lowest BCUT2D eigenvalue weighted by atomic mass is 10.0. The van der Waals surface area contributed by atoms with Crippen LogP contribution in [0.1, 0.15) is 17.5 Å². The number of benzene rings is 2. The van der Waals surface area contributed by atoms with E-state index in [0.29, 0.717) is 21.9 Å². The van der Waals surface area contributed by atoms with Crippen LogP contribution in [0.2, 0.25) is 0 Å². The number of carbonyl (C=O) groups excluding carboxylic acids is 1. The van der Waals surface area contributed by atoms with Crippen LogP contribution in [0.25, 0.3) is 10.2 Å². The number of thiophene rings is 1. The minimum Gasteiger partial charge on any atom is -0.311 e. The molecule has 5 nitrogen and oxygen atoms in total. The number of amides is 1. The third-order valence-corrected chi connectivity index (χ3v) is 7.59. The fourth-order valence-corrected chi connectivity index (χ4v) is 5.79. The Hall–Kier alpha value is -2.90. The largest absolute Gasteiger partial charge is 0.311 e. The lowest BCUT2D eigenvalue weighted by molar-refractivity contribution is -0.116. The number of carbonyl (C=O) groups is 1. The van der Waals surface area contributed by atoms with Gasteiger partial charge in [-0.15, -0.1) is 11.3 Å². The molecule has 0 radical (unpaired) electrons. The highest BCUT2D eigenvalue weighted by atomic mass is 32.2. The molecule has 3 heterocycles. The van der Waals surface area contributed by atoms with Crippen LogP contribution in [0.5, 0.6) is 0 Å². The van der Waals surface area contributed by atoms with E-state index in [1.54, 1.807) is 4.57 Å². The second-order valence-electron chi connectivity index (χ2n) is 7.79. The lowest BCUT2D eigenvalue weighted by Gasteiger charge is -2.29. The Balaban J connectivity index is 1.39. The van der Waals surface area contributed by atoms with E-state index in [4.69, 9.17) is 4.98 Å². The van der Waals surface area contributed by atoms with Crippen LogP contribution in [-0.2, 0) is 24.2 Å². The highest BCUT2D eigenvalue weighted by Gasteiger charge is 2.23. The summed E-state index contributed by atoms with van der Waals surface area (Å²) in [5, 5.41) is 2.50. The first-order valence-corrected chi connectivity index (χ1v) is 12.6. The molecule has 0 saturated heterocycles. The minimum atomic E-state index is -0.0285. The normalized spacial score (nSPS) is 13.3. The van der Waals surface area contributed by atoms with Crippen molar-refractivity contribution in [3.8, 4) is 0 Å². The van der Waals surface area contributed by atoms with Crippen molar-refractivity contribution < 1.29 is 4.79 Å². The number of thioether (sulfide) groups is 1. The molecule has 0 unspecified atom stereocenters. The molecule has 0 N–H and O–H groups in total. The number of rotatable bonds is 6. The summed E-state index contributed by atoms with van der Waals surface area (Å²) in [7, 11) is 0. The Morgan fingerprint density at radius 2 is 1.88 bits per heavy atom. The zero-order valence-corrected chi connectivity index (χ0v) is 19.2. The zero-order valence-electron chi connectivity index (χ0n) is 17.6. The third-order valence-electron chi connectivity index (χ3n) is 5.73. The Morgan fingerprint density at radius 1 is 1.06 bits per heavy atom. The van der Waals surface area contributed by atoms with E-state index in [0.717, 1.165) is 31.5 Å². The van der Waals surface area contributed by atoms with Crippen LogP contribution in [0, 0.1) is 0 Å². The van der Waals surface area contributed by atoms with Crippen molar-refractivity contribution >= 4 is 44.9 Å². The minimum absolute atomic E-state index is 0.0285. The highest BCUT2D eigenvalue weighted by molar-refractivity contribution is 7.99. The van der Waals surface area contributed by atoms with Gasteiger partial charge in [0.25, 0.3) is 5.56 Å². The van der Waals surface area contributed by atoms with Crippen molar-refractivity contribution in [2.24, 2.45) is 0 Å². The van der Waals surface area contributed by atoms with E-state index in [2.05, 4.69) is 18.2 Å². The smallest absolute Gasteiger partial charge is 0.272 e. The van der Waals surface area contributed by atoms with Gasteiger partial charge in [-0.25, -0.2) is 4.98 Å². The second-order valence-corrected chi connectivity index (χ2v) is 9.65. The van der Waals surface area contributed by atoms with Crippen molar-refractivity contribution in [2.45, 2.75) is 31.0 Å². The predicted octanol–water partition coefficient (Wildman–Crippen LogP) is 4.77. The summed E-state index contributed by atoms with van der Waals surface area (Å²) in [5.41, 5.74) is 4.07. The van der Waals surface area contributed by atoms with Gasteiger partial charge in [0.2, 0.25) is 5.91 Å². The Bertz CT molecular complexity index is 1310. The summed E-state index contributed by atoms with van der Waals surface area (Å²) in [4.78, 5) is 32.9. The molecule has 7 heteroatoms. The first kappa shape index (κ1) is 21.0. The summed E-state index contributed by atoms with van der Waals surface area (Å²) in [6.07, 6.45) is 2.71. The van der Waals surface area contributed by atoms with Crippen LogP contribution < -0.4 is 10.5 Å². The maximum Gasteiger partial charge on any atom is 0.272 e. The van der Waals surface area contributed by atoms with Crippen LogP contribution in [0.3, 0.4) is 0 Å². The summed E-state index contributed by atoms with van der Waals surface area (Å²) >= 11 is 2.77.